The minimum Gasteiger partial charge on any atom is -0.397 e. The van der Waals surface area contributed by atoms with Crippen molar-refractivity contribution in [2.75, 3.05) is 12.3 Å². The summed E-state index contributed by atoms with van der Waals surface area (Å²) in [6.07, 6.45) is 2.72. The van der Waals surface area contributed by atoms with Crippen molar-refractivity contribution in [3.05, 3.63) is 28.3 Å². The summed E-state index contributed by atoms with van der Waals surface area (Å²) < 4.78 is 26.6. The van der Waals surface area contributed by atoms with Crippen molar-refractivity contribution >= 4 is 21.4 Å². The lowest BCUT2D eigenvalue weighted by Gasteiger charge is -2.09. The molecule has 0 radical (unpaired) electrons. The first-order valence-corrected chi connectivity index (χ1v) is 8.26. The molecule has 8 heteroatoms. The van der Waals surface area contributed by atoms with Gasteiger partial charge in [0, 0.05) is 18.7 Å². The van der Waals surface area contributed by atoms with Crippen LogP contribution in [0.25, 0.3) is 0 Å². The van der Waals surface area contributed by atoms with Gasteiger partial charge in [0.05, 0.1) is 10.6 Å². The molecule has 0 saturated heterocycles. The lowest BCUT2D eigenvalue weighted by Crippen LogP contribution is -2.25. The summed E-state index contributed by atoms with van der Waals surface area (Å²) in [4.78, 5) is 9.85. The Morgan fingerprint density at radius 1 is 1.33 bits per heavy atom. The number of anilines is 1. The van der Waals surface area contributed by atoms with E-state index < -0.39 is 14.9 Å². The van der Waals surface area contributed by atoms with E-state index in [4.69, 9.17) is 5.73 Å². The average molecular weight is 315 g/mol. The number of hydrogen-bond acceptors (Lipinski definition) is 5. The van der Waals surface area contributed by atoms with Gasteiger partial charge in [0.2, 0.25) is 10.0 Å². The van der Waals surface area contributed by atoms with Gasteiger partial charge in [0.1, 0.15) is 4.90 Å². The molecule has 1 aromatic carbocycles. The number of non-ortho nitro benzene ring substituents is 1. The Morgan fingerprint density at radius 2 is 2.00 bits per heavy atom. The van der Waals surface area contributed by atoms with E-state index >= 15 is 0 Å². The molecular weight excluding hydrogens is 294 g/mol. The highest BCUT2D eigenvalue weighted by atomic mass is 32.2. The number of unbranched alkanes of at least 4 members (excludes halogenated alkanes) is 1. The van der Waals surface area contributed by atoms with E-state index in [1.54, 1.807) is 0 Å². The number of benzene rings is 1. The van der Waals surface area contributed by atoms with Crippen molar-refractivity contribution in [3.63, 3.8) is 0 Å². The Balaban J connectivity index is 2.68. The monoisotopic (exact) mass is 315 g/mol. The van der Waals surface area contributed by atoms with Gasteiger partial charge in [0.25, 0.3) is 5.69 Å². The number of nitro benzene ring substituents is 1. The Kier molecular flexibility index (Phi) is 6.10. The normalized spacial score (nSPS) is 11.8. The van der Waals surface area contributed by atoms with E-state index in [0.717, 1.165) is 37.5 Å². The number of sulfonamides is 1. The molecule has 7 nitrogen and oxygen atoms in total. The zero-order valence-electron chi connectivity index (χ0n) is 12.2. The van der Waals surface area contributed by atoms with Crippen LogP contribution in [0, 0.1) is 16.0 Å². The standard InChI is InChI=1S/C13H21N3O4S/c1-10(2)5-3-4-8-15-21(19,20)13-7-6-11(16(17)18)9-12(13)14/h6-7,9-10,15H,3-5,8,14H2,1-2H3. The van der Waals surface area contributed by atoms with Crippen molar-refractivity contribution in [2.24, 2.45) is 5.92 Å². The second-order valence-corrected chi connectivity index (χ2v) is 7.00. The van der Waals surface area contributed by atoms with Gasteiger partial charge in [-0.05, 0) is 18.4 Å². The number of hydrogen-bond donors (Lipinski definition) is 2. The van der Waals surface area contributed by atoms with Gasteiger partial charge in [-0.1, -0.05) is 26.7 Å². The molecule has 0 amide bonds. The van der Waals surface area contributed by atoms with E-state index in [1.807, 2.05) is 0 Å². The molecule has 1 aromatic rings. The van der Waals surface area contributed by atoms with E-state index in [0.29, 0.717) is 12.5 Å². The molecule has 0 aromatic heterocycles. The quantitative estimate of drug-likeness (QED) is 0.330. The third-order valence-electron chi connectivity index (χ3n) is 2.99. The SMILES string of the molecule is CC(C)CCCCNS(=O)(=O)c1ccc([N+](=O)[O-])cc1N. The molecule has 0 saturated carbocycles. The summed E-state index contributed by atoms with van der Waals surface area (Å²) >= 11 is 0. The molecule has 118 valence electrons. The molecule has 0 heterocycles. The molecule has 0 aliphatic rings. The molecule has 1 rings (SSSR count). The zero-order chi connectivity index (χ0) is 16.0. The molecule has 0 atom stereocenters. The number of nitro groups is 1. The van der Waals surface area contributed by atoms with Gasteiger partial charge in [-0.25, -0.2) is 13.1 Å². The summed E-state index contributed by atoms with van der Waals surface area (Å²) in [5, 5.41) is 10.6. The van der Waals surface area contributed by atoms with Crippen LogP contribution in [-0.2, 0) is 10.0 Å². The average Bonchev–Trinajstić information content (AvgIpc) is 2.37. The highest BCUT2D eigenvalue weighted by Crippen LogP contribution is 2.23. The van der Waals surface area contributed by atoms with Crippen molar-refractivity contribution in [2.45, 2.75) is 38.0 Å². The number of nitrogens with zero attached hydrogens (tertiary/aromatic N) is 1. The van der Waals surface area contributed by atoms with Crippen molar-refractivity contribution in [1.29, 1.82) is 0 Å². The number of nitrogens with one attached hydrogen (secondary N) is 1. The van der Waals surface area contributed by atoms with Crippen LogP contribution in [0.5, 0.6) is 0 Å². The topological polar surface area (TPSA) is 115 Å². The maximum atomic E-state index is 12.1. The zero-order valence-corrected chi connectivity index (χ0v) is 13.0. The minimum atomic E-state index is -3.73. The van der Waals surface area contributed by atoms with Crippen LogP contribution >= 0.6 is 0 Å². The Labute approximate surface area is 124 Å². The fourth-order valence-electron chi connectivity index (χ4n) is 1.86. The fourth-order valence-corrected chi connectivity index (χ4v) is 3.04. The van der Waals surface area contributed by atoms with Crippen LogP contribution < -0.4 is 10.5 Å². The Hall–Kier alpha value is -1.67. The van der Waals surface area contributed by atoms with Gasteiger partial charge in [-0.15, -0.1) is 0 Å². The second kappa shape index (κ2) is 7.37. The maximum Gasteiger partial charge on any atom is 0.271 e. The van der Waals surface area contributed by atoms with Crippen LogP contribution in [0.3, 0.4) is 0 Å². The maximum absolute atomic E-state index is 12.1. The molecule has 0 spiro atoms. The predicted octanol–water partition coefficient (Wildman–Crippen LogP) is 2.28. The van der Waals surface area contributed by atoms with Gasteiger partial charge in [0.15, 0.2) is 0 Å². The molecule has 0 unspecified atom stereocenters. The molecule has 3 N–H and O–H groups in total. The summed E-state index contributed by atoms with van der Waals surface area (Å²) in [6.45, 7) is 4.55. The van der Waals surface area contributed by atoms with Crippen LogP contribution in [0.15, 0.2) is 23.1 Å². The van der Waals surface area contributed by atoms with Gasteiger partial charge < -0.3 is 5.73 Å². The molecule has 0 bridgehead atoms. The summed E-state index contributed by atoms with van der Waals surface area (Å²) in [6, 6.07) is 3.33. The number of nitrogen functional groups attached to an aromatic ring is 1. The largest absolute Gasteiger partial charge is 0.397 e. The first-order chi connectivity index (χ1) is 9.74. The highest BCUT2D eigenvalue weighted by molar-refractivity contribution is 7.89. The van der Waals surface area contributed by atoms with E-state index in [-0.39, 0.29) is 16.3 Å². The Bertz CT molecular complexity index is 599. The smallest absolute Gasteiger partial charge is 0.271 e. The lowest BCUT2D eigenvalue weighted by atomic mass is 10.1. The van der Waals surface area contributed by atoms with Crippen LogP contribution in [0.1, 0.15) is 33.1 Å². The molecule has 0 aliphatic carbocycles. The number of rotatable bonds is 8. The number of nitrogens with two attached hydrogens (primary N) is 1. The highest BCUT2D eigenvalue weighted by Gasteiger charge is 2.19. The molecule has 21 heavy (non-hydrogen) atoms. The third kappa shape index (κ3) is 5.31. The molecular formula is C13H21N3O4S. The van der Waals surface area contributed by atoms with Crippen molar-refractivity contribution in [1.82, 2.24) is 4.72 Å². The van der Waals surface area contributed by atoms with Crippen LogP contribution in [0.2, 0.25) is 0 Å². The van der Waals surface area contributed by atoms with E-state index in [1.165, 1.54) is 0 Å². The Morgan fingerprint density at radius 3 is 2.52 bits per heavy atom. The fraction of sp³-hybridized carbons (Fsp3) is 0.538. The predicted molar refractivity (Wildman–Crippen MR) is 81.4 cm³/mol. The van der Waals surface area contributed by atoms with E-state index in [2.05, 4.69) is 18.6 Å². The summed E-state index contributed by atoms with van der Waals surface area (Å²) in [5.41, 5.74) is 5.23. The summed E-state index contributed by atoms with van der Waals surface area (Å²) in [5.74, 6) is 0.590. The first kappa shape index (κ1) is 17.4. The summed E-state index contributed by atoms with van der Waals surface area (Å²) in [7, 11) is -3.73. The van der Waals surface area contributed by atoms with Crippen molar-refractivity contribution < 1.29 is 13.3 Å². The second-order valence-electron chi connectivity index (χ2n) is 5.27. The minimum absolute atomic E-state index is 0.126. The van der Waals surface area contributed by atoms with Crippen LogP contribution in [0.4, 0.5) is 11.4 Å². The third-order valence-corrected chi connectivity index (χ3v) is 4.53. The molecule has 0 fully saturated rings. The van der Waals surface area contributed by atoms with Crippen molar-refractivity contribution in [3.8, 4) is 0 Å². The first-order valence-electron chi connectivity index (χ1n) is 6.77. The van der Waals surface area contributed by atoms with Gasteiger partial charge in [-0.2, -0.15) is 0 Å². The van der Waals surface area contributed by atoms with Crippen LogP contribution in [-0.4, -0.2) is 19.9 Å². The van der Waals surface area contributed by atoms with Gasteiger partial charge in [-0.3, -0.25) is 10.1 Å². The van der Waals surface area contributed by atoms with E-state index in [9.17, 15) is 18.5 Å². The molecule has 0 aliphatic heterocycles. The van der Waals surface area contributed by atoms with Gasteiger partial charge >= 0.3 is 0 Å². The lowest BCUT2D eigenvalue weighted by molar-refractivity contribution is -0.384.